The fraction of sp³-hybridized carbons (Fsp3) is 0.400. The van der Waals surface area contributed by atoms with Crippen molar-refractivity contribution >= 4 is 17.9 Å². The molecule has 0 radical (unpaired) electrons. The van der Waals surface area contributed by atoms with Gasteiger partial charge in [-0.05, 0) is 55.3 Å². The van der Waals surface area contributed by atoms with Crippen LogP contribution in [0, 0.1) is 11.7 Å². The first-order valence-corrected chi connectivity index (χ1v) is 9.11. The van der Waals surface area contributed by atoms with Gasteiger partial charge in [-0.2, -0.15) is 0 Å². The Labute approximate surface area is 158 Å². The molecule has 6 nitrogen and oxygen atoms in total. The number of pyridine rings is 1. The van der Waals surface area contributed by atoms with Crippen LogP contribution in [0.1, 0.15) is 13.3 Å². The first kappa shape index (κ1) is 19.3. The van der Waals surface area contributed by atoms with Crippen LogP contribution in [-0.2, 0) is 9.53 Å². The van der Waals surface area contributed by atoms with Crippen molar-refractivity contribution in [3.63, 3.8) is 0 Å². The fourth-order valence-corrected chi connectivity index (χ4v) is 3.16. The maximum Gasteiger partial charge on any atom is 0.212 e. The summed E-state index contributed by atoms with van der Waals surface area (Å²) in [4.78, 5) is 17.1. The Balaban J connectivity index is 0.000000177. The molecule has 2 aliphatic heterocycles. The Hall–Kier alpha value is -2.51. The first-order chi connectivity index (χ1) is 13.1. The molecule has 0 spiro atoms. The van der Waals surface area contributed by atoms with E-state index < -0.39 is 0 Å². The summed E-state index contributed by atoms with van der Waals surface area (Å²) < 4.78 is 17.9. The number of rotatable bonds is 4. The number of hydrogen-bond donors (Lipinski definition) is 2. The van der Waals surface area contributed by atoms with Crippen LogP contribution in [0.15, 0.2) is 36.4 Å². The average molecular weight is 372 g/mol. The Morgan fingerprint density at radius 3 is 2.56 bits per heavy atom. The molecule has 3 N–H and O–H groups in total. The SMILES string of the molecule is CC1CCN(C2COC2)C1.Nc1ccc(-c2ccc(F)cc2)nc1NC=O. The van der Waals surface area contributed by atoms with Crippen molar-refractivity contribution < 1.29 is 13.9 Å². The highest BCUT2D eigenvalue weighted by Gasteiger charge is 2.30. The van der Waals surface area contributed by atoms with Crippen LogP contribution in [0.25, 0.3) is 11.3 Å². The average Bonchev–Trinajstić information content (AvgIpc) is 3.03. The molecule has 1 aromatic carbocycles. The van der Waals surface area contributed by atoms with Crippen LogP contribution in [0.2, 0.25) is 0 Å². The number of hydrogen-bond acceptors (Lipinski definition) is 5. The van der Waals surface area contributed by atoms with Gasteiger partial charge in [-0.3, -0.25) is 9.69 Å². The molecule has 144 valence electrons. The predicted molar refractivity (Wildman–Crippen MR) is 104 cm³/mol. The quantitative estimate of drug-likeness (QED) is 0.807. The summed E-state index contributed by atoms with van der Waals surface area (Å²) in [5.41, 5.74) is 7.38. The third-order valence-electron chi connectivity index (χ3n) is 4.85. The molecule has 27 heavy (non-hydrogen) atoms. The number of amides is 1. The highest BCUT2D eigenvalue weighted by atomic mass is 19.1. The number of aromatic nitrogens is 1. The number of halogens is 1. The van der Waals surface area contributed by atoms with E-state index in [1.54, 1.807) is 24.3 Å². The van der Waals surface area contributed by atoms with Crippen LogP contribution in [-0.4, -0.2) is 48.6 Å². The van der Waals surface area contributed by atoms with E-state index in [1.807, 2.05) is 0 Å². The number of nitrogens with zero attached hydrogens (tertiary/aromatic N) is 2. The zero-order valence-electron chi connectivity index (χ0n) is 15.4. The summed E-state index contributed by atoms with van der Waals surface area (Å²) >= 11 is 0. The third kappa shape index (κ3) is 5.02. The second kappa shape index (κ2) is 8.92. The molecule has 1 aromatic heterocycles. The smallest absolute Gasteiger partial charge is 0.212 e. The first-order valence-electron chi connectivity index (χ1n) is 9.11. The van der Waals surface area contributed by atoms with E-state index in [1.165, 1.54) is 31.6 Å². The van der Waals surface area contributed by atoms with E-state index in [0.29, 0.717) is 23.6 Å². The molecule has 0 saturated carbocycles. The Kier molecular flexibility index (Phi) is 6.36. The number of benzene rings is 1. The van der Waals surface area contributed by atoms with E-state index in [2.05, 4.69) is 22.1 Å². The minimum atomic E-state index is -0.310. The van der Waals surface area contributed by atoms with Gasteiger partial charge in [0.1, 0.15) is 5.82 Å². The van der Waals surface area contributed by atoms with Crippen LogP contribution in [0.4, 0.5) is 15.9 Å². The number of likely N-dealkylation sites (tertiary alicyclic amines) is 1. The molecule has 4 rings (SSSR count). The lowest BCUT2D eigenvalue weighted by atomic mass is 10.1. The maximum absolute atomic E-state index is 12.8. The molecule has 2 saturated heterocycles. The van der Waals surface area contributed by atoms with Crippen LogP contribution in [0.5, 0.6) is 0 Å². The minimum Gasteiger partial charge on any atom is -0.396 e. The lowest BCUT2D eigenvalue weighted by molar-refractivity contribution is -0.105. The topological polar surface area (TPSA) is 80.5 Å². The summed E-state index contributed by atoms with van der Waals surface area (Å²) in [6.45, 7) is 6.89. The Bertz CT molecular complexity index is 765. The van der Waals surface area contributed by atoms with E-state index in [9.17, 15) is 9.18 Å². The molecule has 2 fully saturated rings. The standard InChI is InChI=1S/C12H10FN3O.C8H15NO/c13-9-3-1-8(2-4-9)11-6-5-10(14)12(16-11)15-7-17;1-7-2-3-9(4-7)8-5-10-6-8/h1-7H,14H2,(H,15,16,17);7-8H,2-6H2,1H3. The summed E-state index contributed by atoms with van der Waals surface area (Å²) in [6, 6.07) is 10.0. The lowest BCUT2D eigenvalue weighted by Gasteiger charge is -2.34. The third-order valence-corrected chi connectivity index (χ3v) is 4.85. The van der Waals surface area contributed by atoms with Gasteiger partial charge in [0, 0.05) is 12.1 Å². The van der Waals surface area contributed by atoms with Gasteiger partial charge in [0.2, 0.25) is 6.41 Å². The van der Waals surface area contributed by atoms with E-state index in [4.69, 9.17) is 10.5 Å². The number of nitrogens with two attached hydrogens (primary N) is 1. The van der Waals surface area contributed by atoms with Crippen molar-refractivity contribution in [1.82, 2.24) is 9.88 Å². The molecule has 1 atom stereocenters. The molecule has 0 bridgehead atoms. The number of anilines is 2. The Morgan fingerprint density at radius 1 is 1.26 bits per heavy atom. The largest absolute Gasteiger partial charge is 0.396 e. The van der Waals surface area contributed by atoms with Crippen LogP contribution >= 0.6 is 0 Å². The van der Waals surface area contributed by atoms with Crippen molar-refractivity contribution in [2.45, 2.75) is 19.4 Å². The normalized spacial score (nSPS) is 19.7. The summed E-state index contributed by atoms with van der Waals surface area (Å²) in [6.07, 6.45) is 1.89. The highest BCUT2D eigenvalue weighted by Crippen LogP contribution is 2.23. The van der Waals surface area contributed by atoms with Gasteiger partial charge in [-0.15, -0.1) is 0 Å². The summed E-state index contributed by atoms with van der Waals surface area (Å²) in [7, 11) is 0. The molecule has 2 aliphatic rings. The summed E-state index contributed by atoms with van der Waals surface area (Å²) in [5.74, 6) is 0.901. The van der Waals surface area contributed by atoms with Gasteiger partial charge in [0.15, 0.2) is 5.82 Å². The number of nitrogens with one attached hydrogen (secondary N) is 1. The van der Waals surface area contributed by atoms with Gasteiger partial charge in [0.05, 0.1) is 30.6 Å². The highest BCUT2D eigenvalue weighted by molar-refractivity contribution is 5.78. The Morgan fingerprint density at radius 2 is 2.00 bits per heavy atom. The predicted octanol–water partition coefficient (Wildman–Crippen LogP) is 2.77. The van der Waals surface area contributed by atoms with E-state index in [0.717, 1.165) is 30.7 Å². The van der Waals surface area contributed by atoms with Gasteiger partial charge in [-0.1, -0.05) is 6.92 Å². The monoisotopic (exact) mass is 372 g/mol. The van der Waals surface area contributed by atoms with Crippen molar-refractivity contribution in [2.75, 3.05) is 37.4 Å². The van der Waals surface area contributed by atoms with Crippen molar-refractivity contribution in [3.05, 3.63) is 42.2 Å². The molecule has 3 heterocycles. The van der Waals surface area contributed by atoms with Crippen molar-refractivity contribution in [3.8, 4) is 11.3 Å². The molecule has 0 aliphatic carbocycles. The fourth-order valence-electron chi connectivity index (χ4n) is 3.16. The van der Waals surface area contributed by atoms with Crippen LogP contribution < -0.4 is 11.1 Å². The molecular formula is C20H25FN4O2. The lowest BCUT2D eigenvalue weighted by Crippen LogP contribution is -2.47. The number of nitrogen functional groups attached to an aromatic ring is 1. The molecule has 2 aromatic rings. The van der Waals surface area contributed by atoms with E-state index in [-0.39, 0.29) is 5.82 Å². The van der Waals surface area contributed by atoms with E-state index >= 15 is 0 Å². The van der Waals surface area contributed by atoms with Gasteiger partial charge < -0.3 is 15.8 Å². The second-order valence-electron chi connectivity index (χ2n) is 6.98. The number of carbonyl (C=O) groups is 1. The summed E-state index contributed by atoms with van der Waals surface area (Å²) in [5, 5.41) is 2.41. The van der Waals surface area contributed by atoms with Gasteiger partial charge in [0.25, 0.3) is 0 Å². The zero-order valence-corrected chi connectivity index (χ0v) is 15.4. The number of carbonyl (C=O) groups excluding carboxylic acids is 1. The van der Waals surface area contributed by atoms with Crippen molar-refractivity contribution in [2.24, 2.45) is 5.92 Å². The minimum absolute atomic E-state index is 0.293. The van der Waals surface area contributed by atoms with Crippen molar-refractivity contribution in [1.29, 1.82) is 0 Å². The molecule has 7 heteroatoms. The molecular weight excluding hydrogens is 347 g/mol. The maximum atomic E-state index is 12.8. The van der Waals surface area contributed by atoms with Gasteiger partial charge >= 0.3 is 0 Å². The molecule has 1 amide bonds. The van der Waals surface area contributed by atoms with Crippen LogP contribution in [0.3, 0.4) is 0 Å². The zero-order chi connectivity index (χ0) is 19.2. The second-order valence-corrected chi connectivity index (χ2v) is 6.98. The number of ether oxygens (including phenoxy) is 1. The molecule has 1 unspecified atom stereocenters. The van der Waals surface area contributed by atoms with Gasteiger partial charge in [-0.25, -0.2) is 9.37 Å².